The Morgan fingerprint density at radius 3 is 2.80 bits per heavy atom. The fourth-order valence-corrected chi connectivity index (χ4v) is 2.99. The fourth-order valence-electron chi connectivity index (χ4n) is 2.99. The summed E-state index contributed by atoms with van der Waals surface area (Å²) in [5.41, 5.74) is -0.784. The van der Waals surface area contributed by atoms with E-state index in [1.807, 2.05) is 11.8 Å². The van der Waals surface area contributed by atoms with Crippen LogP contribution in [-0.2, 0) is 9.59 Å². The van der Waals surface area contributed by atoms with E-state index in [9.17, 15) is 14.7 Å². The number of likely N-dealkylation sites (tertiary alicyclic amines) is 2. The molecule has 2 aliphatic rings. The highest BCUT2D eigenvalue weighted by Gasteiger charge is 2.40. The molecule has 0 bridgehead atoms. The zero-order valence-electron chi connectivity index (χ0n) is 12.6. The largest absolute Gasteiger partial charge is 0.388 e. The molecule has 0 radical (unpaired) electrons. The Bertz CT molecular complexity index is 381. The summed E-state index contributed by atoms with van der Waals surface area (Å²) in [6.45, 7) is 6.06. The van der Waals surface area contributed by atoms with Crippen LogP contribution in [0.25, 0.3) is 0 Å². The minimum atomic E-state index is -0.784. The third-order valence-corrected chi connectivity index (χ3v) is 4.69. The van der Waals surface area contributed by atoms with Crippen LogP contribution >= 0.6 is 0 Å². The van der Waals surface area contributed by atoms with E-state index in [-0.39, 0.29) is 17.7 Å². The topological polar surface area (TPSA) is 60.9 Å². The maximum Gasteiger partial charge on any atom is 0.224 e. The molecule has 0 aliphatic carbocycles. The first-order valence-corrected chi connectivity index (χ1v) is 7.68. The highest BCUT2D eigenvalue weighted by Crippen LogP contribution is 2.27. The summed E-state index contributed by atoms with van der Waals surface area (Å²) >= 11 is 0. The number of hydrogen-bond acceptors (Lipinski definition) is 3. The van der Waals surface area contributed by atoms with Gasteiger partial charge in [-0.05, 0) is 19.8 Å². The SMILES string of the molecule is C[C@@H]1CN(C(=O)CCN2CCCCCC2=O)C[C@]1(C)O. The highest BCUT2D eigenvalue weighted by molar-refractivity contribution is 5.79. The van der Waals surface area contributed by atoms with Crippen molar-refractivity contribution in [1.29, 1.82) is 0 Å². The highest BCUT2D eigenvalue weighted by atomic mass is 16.3. The molecular weight excluding hydrogens is 256 g/mol. The van der Waals surface area contributed by atoms with Gasteiger partial charge < -0.3 is 14.9 Å². The molecule has 2 heterocycles. The second kappa shape index (κ2) is 6.12. The number of aliphatic hydroxyl groups is 1. The van der Waals surface area contributed by atoms with E-state index < -0.39 is 5.60 Å². The number of carbonyl (C=O) groups excluding carboxylic acids is 2. The van der Waals surface area contributed by atoms with Gasteiger partial charge in [-0.3, -0.25) is 9.59 Å². The monoisotopic (exact) mass is 282 g/mol. The molecule has 2 rings (SSSR count). The molecule has 0 aromatic heterocycles. The molecule has 0 saturated carbocycles. The zero-order valence-corrected chi connectivity index (χ0v) is 12.6. The second-order valence-electron chi connectivity index (χ2n) is 6.47. The Hall–Kier alpha value is -1.10. The summed E-state index contributed by atoms with van der Waals surface area (Å²) in [6, 6.07) is 0. The van der Waals surface area contributed by atoms with Gasteiger partial charge in [0.25, 0.3) is 0 Å². The average Bonchev–Trinajstić information content (AvgIpc) is 2.55. The van der Waals surface area contributed by atoms with Gasteiger partial charge in [0, 0.05) is 44.9 Å². The molecule has 0 aromatic rings. The Labute approximate surface area is 120 Å². The van der Waals surface area contributed by atoms with Gasteiger partial charge in [-0.25, -0.2) is 0 Å². The molecule has 20 heavy (non-hydrogen) atoms. The summed E-state index contributed by atoms with van der Waals surface area (Å²) in [5.74, 6) is 0.329. The molecule has 5 heteroatoms. The van der Waals surface area contributed by atoms with Crippen LogP contribution < -0.4 is 0 Å². The number of amides is 2. The minimum Gasteiger partial charge on any atom is -0.388 e. The van der Waals surface area contributed by atoms with Gasteiger partial charge in [-0.15, -0.1) is 0 Å². The maximum absolute atomic E-state index is 12.2. The van der Waals surface area contributed by atoms with Gasteiger partial charge in [-0.1, -0.05) is 13.3 Å². The predicted octanol–water partition coefficient (Wildman–Crippen LogP) is 1.01. The van der Waals surface area contributed by atoms with Crippen molar-refractivity contribution in [2.75, 3.05) is 26.2 Å². The third-order valence-electron chi connectivity index (χ3n) is 4.69. The molecule has 2 aliphatic heterocycles. The molecule has 2 saturated heterocycles. The van der Waals surface area contributed by atoms with Crippen LogP contribution in [0.1, 0.15) is 46.0 Å². The summed E-state index contributed by atoms with van der Waals surface area (Å²) in [4.78, 5) is 27.6. The molecule has 114 valence electrons. The minimum absolute atomic E-state index is 0.0478. The fraction of sp³-hybridized carbons (Fsp3) is 0.867. The number of β-amino-alcohol motifs (C(OH)–C–C–N with tert-alkyl or cyclic N) is 1. The summed E-state index contributed by atoms with van der Waals surface area (Å²) < 4.78 is 0. The van der Waals surface area contributed by atoms with Crippen molar-refractivity contribution < 1.29 is 14.7 Å². The first-order valence-electron chi connectivity index (χ1n) is 7.68. The molecule has 1 N–H and O–H groups in total. The van der Waals surface area contributed by atoms with E-state index in [0.717, 1.165) is 25.8 Å². The first-order chi connectivity index (χ1) is 9.40. The van der Waals surface area contributed by atoms with E-state index in [0.29, 0.717) is 32.5 Å². The van der Waals surface area contributed by atoms with Gasteiger partial charge in [0.05, 0.1) is 5.60 Å². The van der Waals surface area contributed by atoms with Gasteiger partial charge in [0.1, 0.15) is 0 Å². The standard InChI is InChI=1S/C15H26N2O3/c1-12-10-17(11-15(12,2)20)14(19)7-9-16-8-5-3-4-6-13(16)18/h12,20H,3-11H2,1-2H3/t12-,15+/m1/s1. The van der Waals surface area contributed by atoms with E-state index in [1.54, 1.807) is 11.8 Å². The van der Waals surface area contributed by atoms with Crippen LogP contribution in [-0.4, -0.2) is 58.5 Å². The van der Waals surface area contributed by atoms with E-state index in [4.69, 9.17) is 0 Å². The lowest BCUT2D eigenvalue weighted by molar-refractivity contribution is -0.134. The molecule has 2 fully saturated rings. The average molecular weight is 282 g/mol. The van der Waals surface area contributed by atoms with Crippen molar-refractivity contribution in [1.82, 2.24) is 9.80 Å². The van der Waals surface area contributed by atoms with Crippen molar-refractivity contribution in [2.45, 2.75) is 51.6 Å². The Morgan fingerprint density at radius 2 is 2.15 bits per heavy atom. The van der Waals surface area contributed by atoms with E-state index >= 15 is 0 Å². The molecule has 0 unspecified atom stereocenters. The summed E-state index contributed by atoms with van der Waals surface area (Å²) in [6.07, 6.45) is 4.09. The van der Waals surface area contributed by atoms with E-state index in [1.165, 1.54) is 0 Å². The normalized spacial score (nSPS) is 31.6. The van der Waals surface area contributed by atoms with Crippen molar-refractivity contribution in [3.05, 3.63) is 0 Å². The lowest BCUT2D eigenvalue weighted by Crippen LogP contribution is -2.38. The summed E-state index contributed by atoms with van der Waals surface area (Å²) in [5, 5.41) is 10.1. The van der Waals surface area contributed by atoms with Crippen LogP contribution in [0.5, 0.6) is 0 Å². The molecule has 2 amide bonds. The smallest absolute Gasteiger partial charge is 0.224 e. The molecule has 0 aromatic carbocycles. The lowest BCUT2D eigenvalue weighted by Gasteiger charge is -2.23. The van der Waals surface area contributed by atoms with Crippen molar-refractivity contribution in [3.63, 3.8) is 0 Å². The van der Waals surface area contributed by atoms with Crippen molar-refractivity contribution in [2.24, 2.45) is 5.92 Å². The van der Waals surface area contributed by atoms with Crippen molar-refractivity contribution >= 4 is 11.8 Å². The Morgan fingerprint density at radius 1 is 1.40 bits per heavy atom. The van der Waals surface area contributed by atoms with Gasteiger partial charge in [0.2, 0.25) is 11.8 Å². The van der Waals surface area contributed by atoms with Crippen LogP contribution in [0.3, 0.4) is 0 Å². The second-order valence-corrected chi connectivity index (χ2v) is 6.47. The molecule has 0 spiro atoms. The Kier molecular flexibility index (Phi) is 4.68. The molecule has 2 atom stereocenters. The number of nitrogens with zero attached hydrogens (tertiary/aromatic N) is 2. The predicted molar refractivity (Wildman–Crippen MR) is 76.0 cm³/mol. The molecule has 5 nitrogen and oxygen atoms in total. The molecular formula is C15H26N2O3. The number of hydrogen-bond donors (Lipinski definition) is 1. The van der Waals surface area contributed by atoms with Gasteiger partial charge >= 0.3 is 0 Å². The number of carbonyl (C=O) groups is 2. The van der Waals surface area contributed by atoms with Crippen LogP contribution in [0.4, 0.5) is 0 Å². The van der Waals surface area contributed by atoms with Gasteiger partial charge in [0.15, 0.2) is 0 Å². The van der Waals surface area contributed by atoms with Crippen LogP contribution in [0.2, 0.25) is 0 Å². The zero-order chi connectivity index (χ0) is 14.8. The van der Waals surface area contributed by atoms with Crippen molar-refractivity contribution in [3.8, 4) is 0 Å². The Balaban J connectivity index is 1.82. The van der Waals surface area contributed by atoms with Gasteiger partial charge in [-0.2, -0.15) is 0 Å². The van der Waals surface area contributed by atoms with Crippen LogP contribution in [0, 0.1) is 5.92 Å². The maximum atomic E-state index is 12.2. The van der Waals surface area contributed by atoms with E-state index in [2.05, 4.69) is 0 Å². The summed E-state index contributed by atoms with van der Waals surface area (Å²) in [7, 11) is 0. The first kappa shape index (κ1) is 15.3. The lowest BCUT2D eigenvalue weighted by atomic mass is 9.95. The number of rotatable bonds is 3. The third kappa shape index (κ3) is 3.51. The quantitative estimate of drug-likeness (QED) is 0.840. The van der Waals surface area contributed by atoms with Crippen LogP contribution in [0.15, 0.2) is 0 Å².